The van der Waals surface area contributed by atoms with Crippen LogP contribution in [-0.2, 0) is 0 Å². The Morgan fingerprint density at radius 3 is 2.50 bits per heavy atom. The van der Waals surface area contributed by atoms with Crippen LogP contribution in [-0.4, -0.2) is 0 Å². The molecule has 72 valence electrons. The minimum atomic E-state index is 0.911. The average Bonchev–Trinajstić information content (AvgIpc) is 2.23. The second-order valence-electron chi connectivity index (χ2n) is 3.50. The second-order valence-corrected chi connectivity index (χ2v) is 3.50. The first-order valence-corrected chi connectivity index (χ1v) is 4.96. The van der Waals surface area contributed by atoms with Crippen LogP contribution < -0.4 is 4.74 Å². The minimum absolute atomic E-state index is 0.911. The molecule has 1 heteroatoms. The maximum Gasteiger partial charge on any atom is 0.127 e. The van der Waals surface area contributed by atoms with Crippen molar-refractivity contribution in [1.29, 1.82) is 0 Å². The smallest absolute Gasteiger partial charge is 0.127 e. The molecule has 0 atom stereocenters. The van der Waals surface area contributed by atoms with Crippen LogP contribution >= 0.6 is 0 Å². The average molecular weight is 186 g/mol. The topological polar surface area (TPSA) is 9.23 Å². The molecule has 1 aromatic rings. The van der Waals surface area contributed by atoms with Crippen molar-refractivity contribution in [2.24, 2.45) is 0 Å². The van der Waals surface area contributed by atoms with Crippen LogP contribution in [0.3, 0.4) is 0 Å². The largest absolute Gasteiger partial charge is 0.458 e. The van der Waals surface area contributed by atoms with E-state index in [1.54, 1.807) is 0 Å². The maximum atomic E-state index is 5.68. The summed E-state index contributed by atoms with van der Waals surface area (Å²) in [6, 6.07) is 8.11. The predicted octanol–water partition coefficient (Wildman–Crippen LogP) is 3.61. The summed E-state index contributed by atoms with van der Waals surface area (Å²) in [4.78, 5) is 0. The summed E-state index contributed by atoms with van der Waals surface area (Å²) < 4.78 is 5.68. The lowest BCUT2D eigenvalue weighted by Crippen LogP contribution is -1.94. The molecule has 0 N–H and O–H groups in total. The highest BCUT2D eigenvalue weighted by Gasteiger charge is 1.99. The molecule has 14 heavy (non-hydrogen) atoms. The zero-order chi connectivity index (χ0) is 9.80. The van der Waals surface area contributed by atoms with Gasteiger partial charge in [0.1, 0.15) is 11.5 Å². The van der Waals surface area contributed by atoms with Gasteiger partial charge < -0.3 is 4.74 Å². The van der Waals surface area contributed by atoms with Crippen LogP contribution in [0.5, 0.6) is 5.75 Å². The van der Waals surface area contributed by atoms with Gasteiger partial charge >= 0.3 is 0 Å². The summed E-state index contributed by atoms with van der Waals surface area (Å²) in [7, 11) is 0. The highest BCUT2D eigenvalue weighted by molar-refractivity contribution is 5.30. The van der Waals surface area contributed by atoms with E-state index in [0.29, 0.717) is 0 Å². The van der Waals surface area contributed by atoms with Gasteiger partial charge in [0, 0.05) is 0 Å². The van der Waals surface area contributed by atoms with Gasteiger partial charge in [-0.1, -0.05) is 23.8 Å². The number of hydrogen-bond donors (Lipinski definition) is 0. The molecule has 2 rings (SSSR count). The Balaban J connectivity index is 2.07. The Hall–Kier alpha value is -1.50. The lowest BCUT2D eigenvalue weighted by Gasteiger charge is -2.09. The van der Waals surface area contributed by atoms with Crippen molar-refractivity contribution in [3.8, 4) is 5.75 Å². The summed E-state index contributed by atoms with van der Waals surface area (Å²) in [6.45, 7) is 2.07. The standard InChI is InChI=1S/C13H14O/c1-11-7-9-13(10-8-11)14-12-5-3-2-4-6-12/h3,5-10H,2,4H2,1H3. The predicted molar refractivity (Wildman–Crippen MR) is 58.3 cm³/mol. The molecule has 0 saturated carbocycles. The Morgan fingerprint density at radius 1 is 1.07 bits per heavy atom. The van der Waals surface area contributed by atoms with E-state index in [4.69, 9.17) is 4.74 Å². The van der Waals surface area contributed by atoms with Gasteiger partial charge in [0.15, 0.2) is 0 Å². The third-order valence-electron chi connectivity index (χ3n) is 2.22. The number of allylic oxidation sites excluding steroid dienone is 3. The minimum Gasteiger partial charge on any atom is -0.458 e. The molecule has 1 aliphatic carbocycles. The maximum absolute atomic E-state index is 5.68. The van der Waals surface area contributed by atoms with Gasteiger partial charge in [0.2, 0.25) is 0 Å². The fraction of sp³-hybridized carbons (Fsp3) is 0.231. The van der Waals surface area contributed by atoms with Crippen LogP contribution in [0.15, 0.2) is 48.3 Å². The van der Waals surface area contributed by atoms with E-state index in [0.717, 1.165) is 24.4 Å². The Morgan fingerprint density at radius 2 is 1.86 bits per heavy atom. The van der Waals surface area contributed by atoms with Gasteiger partial charge in [-0.3, -0.25) is 0 Å². The monoisotopic (exact) mass is 186 g/mol. The van der Waals surface area contributed by atoms with Crippen LogP contribution in [0.1, 0.15) is 18.4 Å². The van der Waals surface area contributed by atoms with Crippen LogP contribution in [0.4, 0.5) is 0 Å². The summed E-state index contributed by atoms with van der Waals surface area (Å²) in [6.07, 6.45) is 8.51. The molecule has 0 fully saturated rings. The number of hydrogen-bond acceptors (Lipinski definition) is 1. The van der Waals surface area contributed by atoms with Gasteiger partial charge in [-0.15, -0.1) is 0 Å². The van der Waals surface area contributed by atoms with Gasteiger partial charge in [-0.25, -0.2) is 0 Å². The highest BCUT2D eigenvalue weighted by Crippen LogP contribution is 2.18. The molecule has 1 nitrogen and oxygen atoms in total. The van der Waals surface area contributed by atoms with Crippen molar-refractivity contribution >= 4 is 0 Å². The number of benzene rings is 1. The summed E-state index contributed by atoms with van der Waals surface area (Å²) in [5.74, 6) is 1.87. The Kier molecular flexibility index (Phi) is 2.68. The lowest BCUT2D eigenvalue weighted by molar-refractivity contribution is 0.439. The summed E-state index contributed by atoms with van der Waals surface area (Å²) >= 11 is 0. The molecule has 0 aromatic heterocycles. The van der Waals surface area contributed by atoms with E-state index in [1.807, 2.05) is 18.2 Å². The normalized spacial score (nSPS) is 15.1. The van der Waals surface area contributed by atoms with E-state index in [-0.39, 0.29) is 0 Å². The number of ether oxygens (including phenoxy) is 1. The Bertz CT molecular complexity index is 357. The van der Waals surface area contributed by atoms with Crippen molar-refractivity contribution in [1.82, 2.24) is 0 Å². The lowest BCUT2D eigenvalue weighted by atomic mass is 10.2. The van der Waals surface area contributed by atoms with E-state index < -0.39 is 0 Å². The van der Waals surface area contributed by atoms with Gasteiger partial charge in [0.05, 0.1) is 0 Å². The number of aryl methyl sites for hydroxylation is 1. The molecule has 0 aliphatic heterocycles. The van der Waals surface area contributed by atoms with E-state index in [2.05, 4.69) is 31.2 Å². The van der Waals surface area contributed by atoms with Crippen molar-refractivity contribution in [2.75, 3.05) is 0 Å². The van der Waals surface area contributed by atoms with Gasteiger partial charge in [-0.2, -0.15) is 0 Å². The molecular formula is C13H14O. The van der Waals surface area contributed by atoms with Crippen molar-refractivity contribution < 1.29 is 4.74 Å². The molecule has 0 radical (unpaired) electrons. The fourth-order valence-corrected chi connectivity index (χ4v) is 1.41. The fourth-order valence-electron chi connectivity index (χ4n) is 1.41. The first-order valence-electron chi connectivity index (χ1n) is 4.96. The molecule has 0 spiro atoms. The third kappa shape index (κ3) is 2.25. The van der Waals surface area contributed by atoms with Crippen LogP contribution in [0.2, 0.25) is 0 Å². The van der Waals surface area contributed by atoms with Crippen molar-refractivity contribution in [3.63, 3.8) is 0 Å². The van der Waals surface area contributed by atoms with Crippen molar-refractivity contribution in [3.05, 3.63) is 53.8 Å². The molecule has 0 unspecified atom stereocenters. The van der Waals surface area contributed by atoms with Crippen LogP contribution in [0, 0.1) is 6.92 Å². The third-order valence-corrected chi connectivity index (χ3v) is 2.22. The number of rotatable bonds is 2. The van der Waals surface area contributed by atoms with E-state index in [1.165, 1.54) is 5.56 Å². The molecular weight excluding hydrogens is 172 g/mol. The molecule has 0 amide bonds. The molecule has 1 aromatic carbocycles. The molecule has 0 bridgehead atoms. The van der Waals surface area contributed by atoms with E-state index >= 15 is 0 Å². The molecule has 0 heterocycles. The van der Waals surface area contributed by atoms with Crippen LogP contribution in [0.25, 0.3) is 0 Å². The molecule has 0 saturated heterocycles. The summed E-state index contributed by atoms with van der Waals surface area (Å²) in [5, 5.41) is 0. The van der Waals surface area contributed by atoms with Crippen molar-refractivity contribution in [2.45, 2.75) is 19.8 Å². The quantitative estimate of drug-likeness (QED) is 0.685. The Labute approximate surface area is 84.7 Å². The summed E-state index contributed by atoms with van der Waals surface area (Å²) in [5.41, 5.74) is 1.26. The second kappa shape index (κ2) is 4.14. The van der Waals surface area contributed by atoms with Gasteiger partial charge in [0.25, 0.3) is 0 Å². The van der Waals surface area contributed by atoms with Gasteiger partial charge in [-0.05, 0) is 44.1 Å². The highest BCUT2D eigenvalue weighted by atomic mass is 16.5. The zero-order valence-electron chi connectivity index (χ0n) is 8.36. The SMILES string of the molecule is Cc1ccc(OC2=CCCC=C2)cc1. The molecule has 1 aliphatic rings. The zero-order valence-corrected chi connectivity index (χ0v) is 8.36. The first-order chi connectivity index (χ1) is 6.84. The van der Waals surface area contributed by atoms with E-state index in [9.17, 15) is 0 Å². The first kappa shape index (κ1) is 9.07.